The first-order valence-corrected chi connectivity index (χ1v) is 11.1. The highest BCUT2D eigenvalue weighted by Gasteiger charge is 2.29. The molecule has 2 amide bonds. The first-order chi connectivity index (χ1) is 15.4. The molecule has 0 heterocycles. The van der Waals surface area contributed by atoms with E-state index in [2.05, 4.69) is 34.9 Å². The summed E-state index contributed by atoms with van der Waals surface area (Å²) < 4.78 is 5.54. The average Bonchev–Trinajstić information content (AvgIpc) is 3.10. The molecule has 0 fully saturated rings. The van der Waals surface area contributed by atoms with E-state index in [9.17, 15) is 19.5 Å². The van der Waals surface area contributed by atoms with Crippen LogP contribution in [0.4, 0.5) is 4.79 Å². The van der Waals surface area contributed by atoms with Crippen LogP contribution in [0, 0.1) is 0 Å². The van der Waals surface area contributed by atoms with Gasteiger partial charge in [-0.15, -0.1) is 0 Å². The second-order valence-corrected chi connectivity index (χ2v) is 8.03. The predicted molar refractivity (Wildman–Crippen MR) is 121 cm³/mol. The Kier molecular flexibility index (Phi) is 7.87. The summed E-state index contributed by atoms with van der Waals surface area (Å²) in [6.07, 6.45) is 0.927. The summed E-state index contributed by atoms with van der Waals surface area (Å²) >= 11 is 0. The maximum Gasteiger partial charge on any atom is 0.407 e. The van der Waals surface area contributed by atoms with Crippen LogP contribution in [0.15, 0.2) is 48.5 Å². The van der Waals surface area contributed by atoms with E-state index < -0.39 is 30.1 Å². The number of carbonyl (C=O) groups excluding carboxylic acids is 2. The zero-order valence-corrected chi connectivity index (χ0v) is 18.5. The lowest BCUT2D eigenvalue weighted by molar-refractivity contribution is -0.142. The Bertz CT molecular complexity index is 929. The SMILES string of the molecule is CCCC(NC(=O)CC(CC)NC(=O)OCC1c2ccccc2-c2ccccc21)C(=O)O. The molecule has 0 radical (unpaired) electrons. The number of nitrogens with one attached hydrogen (secondary N) is 2. The largest absolute Gasteiger partial charge is 0.480 e. The topological polar surface area (TPSA) is 105 Å². The van der Waals surface area contributed by atoms with Crippen molar-refractivity contribution >= 4 is 18.0 Å². The smallest absolute Gasteiger partial charge is 0.407 e. The highest BCUT2D eigenvalue weighted by Crippen LogP contribution is 2.44. The zero-order chi connectivity index (χ0) is 23.1. The van der Waals surface area contributed by atoms with Gasteiger partial charge in [0.25, 0.3) is 0 Å². The van der Waals surface area contributed by atoms with E-state index in [0.717, 1.165) is 22.3 Å². The van der Waals surface area contributed by atoms with Crippen molar-refractivity contribution in [1.29, 1.82) is 0 Å². The number of aliphatic carboxylic acids is 1. The Morgan fingerprint density at radius 1 is 0.969 bits per heavy atom. The fourth-order valence-electron chi connectivity index (χ4n) is 4.13. The molecular weight excluding hydrogens is 408 g/mol. The number of hydrogen-bond donors (Lipinski definition) is 3. The molecule has 2 unspecified atom stereocenters. The predicted octanol–water partition coefficient (Wildman–Crippen LogP) is 4.06. The Labute approximate surface area is 188 Å². The maximum atomic E-state index is 12.4. The average molecular weight is 439 g/mol. The van der Waals surface area contributed by atoms with Gasteiger partial charge in [-0.2, -0.15) is 0 Å². The van der Waals surface area contributed by atoms with Crippen LogP contribution in [-0.2, 0) is 14.3 Å². The maximum absolute atomic E-state index is 12.4. The fourth-order valence-corrected chi connectivity index (χ4v) is 4.13. The summed E-state index contributed by atoms with van der Waals surface area (Å²) in [5.41, 5.74) is 4.56. The second kappa shape index (κ2) is 10.8. The van der Waals surface area contributed by atoms with Crippen molar-refractivity contribution in [2.24, 2.45) is 0 Å². The molecule has 3 rings (SSSR count). The van der Waals surface area contributed by atoms with Crippen LogP contribution >= 0.6 is 0 Å². The fraction of sp³-hybridized carbons (Fsp3) is 0.400. The minimum atomic E-state index is -1.06. The first kappa shape index (κ1) is 23.3. The van der Waals surface area contributed by atoms with Crippen LogP contribution in [0.3, 0.4) is 0 Å². The van der Waals surface area contributed by atoms with Crippen LogP contribution in [0.1, 0.15) is 56.6 Å². The van der Waals surface area contributed by atoms with Gasteiger partial charge in [-0.05, 0) is 35.1 Å². The molecule has 0 aliphatic heterocycles. The van der Waals surface area contributed by atoms with Crippen molar-refractivity contribution in [2.75, 3.05) is 6.61 Å². The Morgan fingerprint density at radius 2 is 1.56 bits per heavy atom. The molecule has 3 N–H and O–H groups in total. The minimum absolute atomic E-state index is 0.00576. The molecule has 32 heavy (non-hydrogen) atoms. The van der Waals surface area contributed by atoms with Crippen molar-refractivity contribution in [3.8, 4) is 11.1 Å². The number of ether oxygens (including phenoxy) is 1. The monoisotopic (exact) mass is 438 g/mol. The molecule has 1 aliphatic rings. The van der Waals surface area contributed by atoms with E-state index in [1.807, 2.05) is 38.1 Å². The molecule has 7 nitrogen and oxygen atoms in total. The van der Waals surface area contributed by atoms with Crippen molar-refractivity contribution in [3.63, 3.8) is 0 Å². The highest BCUT2D eigenvalue weighted by atomic mass is 16.5. The van der Waals surface area contributed by atoms with Gasteiger partial charge < -0.3 is 20.5 Å². The lowest BCUT2D eigenvalue weighted by Crippen LogP contribution is -2.44. The van der Waals surface area contributed by atoms with Crippen LogP contribution in [0.25, 0.3) is 11.1 Å². The van der Waals surface area contributed by atoms with E-state index in [1.54, 1.807) is 0 Å². The summed E-state index contributed by atoms with van der Waals surface area (Å²) in [5, 5.41) is 14.5. The zero-order valence-electron chi connectivity index (χ0n) is 18.5. The molecule has 2 atom stereocenters. The van der Waals surface area contributed by atoms with Crippen molar-refractivity contribution < 1.29 is 24.2 Å². The third-order valence-corrected chi connectivity index (χ3v) is 5.80. The standard InChI is InChI=1S/C25H30N2O5/c1-3-9-22(24(29)30)27-23(28)14-16(4-2)26-25(31)32-15-21-19-12-7-5-10-17(19)18-11-6-8-13-20(18)21/h5-8,10-13,16,21-22H,3-4,9,14-15H2,1-2H3,(H,26,31)(H,27,28)(H,29,30). The Morgan fingerprint density at radius 3 is 2.09 bits per heavy atom. The number of amides is 2. The van der Waals surface area contributed by atoms with Gasteiger partial charge in [-0.3, -0.25) is 4.79 Å². The minimum Gasteiger partial charge on any atom is -0.480 e. The van der Waals surface area contributed by atoms with Gasteiger partial charge in [0.15, 0.2) is 0 Å². The molecule has 0 saturated carbocycles. The van der Waals surface area contributed by atoms with Crippen molar-refractivity contribution in [3.05, 3.63) is 59.7 Å². The number of alkyl carbamates (subject to hydrolysis) is 1. The summed E-state index contributed by atoms with van der Waals surface area (Å²) in [6, 6.07) is 14.8. The molecule has 0 bridgehead atoms. The summed E-state index contributed by atoms with van der Waals surface area (Å²) in [5.74, 6) is -1.50. The van der Waals surface area contributed by atoms with Gasteiger partial charge in [0.2, 0.25) is 5.91 Å². The van der Waals surface area contributed by atoms with E-state index in [1.165, 1.54) is 0 Å². The lowest BCUT2D eigenvalue weighted by atomic mass is 9.98. The van der Waals surface area contributed by atoms with Gasteiger partial charge in [0.05, 0.1) is 0 Å². The van der Waals surface area contributed by atoms with Gasteiger partial charge in [-0.1, -0.05) is 68.8 Å². The molecule has 170 valence electrons. The van der Waals surface area contributed by atoms with E-state index in [0.29, 0.717) is 19.3 Å². The Balaban J connectivity index is 1.56. The molecule has 1 aliphatic carbocycles. The summed E-state index contributed by atoms with van der Waals surface area (Å²) in [7, 11) is 0. The Hall–Kier alpha value is -3.35. The van der Waals surface area contributed by atoms with Crippen LogP contribution in [0.5, 0.6) is 0 Å². The first-order valence-electron chi connectivity index (χ1n) is 11.1. The number of rotatable bonds is 10. The second-order valence-electron chi connectivity index (χ2n) is 8.03. The molecule has 7 heteroatoms. The third-order valence-electron chi connectivity index (χ3n) is 5.80. The van der Waals surface area contributed by atoms with Crippen LogP contribution in [0.2, 0.25) is 0 Å². The highest BCUT2D eigenvalue weighted by molar-refractivity contribution is 5.84. The van der Waals surface area contributed by atoms with Crippen molar-refractivity contribution in [2.45, 2.75) is 57.5 Å². The number of carboxylic acid groups (broad SMARTS) is 1. The molecule has 0 spiro atoms. The van der Waals surface area contributed by atoms with Gasteiger partial charge in [0, 0.05) is 18.4 Å². The molecular formula is C25H30N2O5. The van der Waals surface area contributed by atoms with E-state index >= 15 is 0 Å². The molecule has 0 saturated heterocycles. The number of hydrogen-bond acceptors (Lipinski definition) is 4. The van der Waals surface area contributed by atoms with Crippen LogP contribution in [-0.4, -0.2) is 41.8 Å². The van der Waals surface area contributed by atoms with Gasteiger partial charge in [0.1, 0.15) is 12.6 Å². The number of benzene rings is 2. The molecule has 0 aromatic heterocycles. The van der Waals surface area contributed by atoms with Crippen molar-refractivity contribution in [1.82, 2.24) is 10.6 Å². The van der Waals surface area contributed by atoms with E-state index in [4.69, 9.17) is 4.74 Å². The number of carbonyl (C=O) groups is 3. The molecule has 2 aromatic carbocycles. The third kappa shape index (κ3) is 5.46. The molecule has 2 aromatic rings. The quantitative estimate of drug-likeness (QED) is 0.519. The van der Waals surface area contributed by atoms with E-state index in [-0.39, 0.29) is 18.9 Å². The number of carboxylic acids is 1. The summed E-state index contributed by atoms with van der Waals surface area (Å²) in [6.45, 7) is 3.90. The van der Waals surface area contributed by atoms with Crippen LogP contribution < -0.4 is 10.6 Å². The van der Waals surface area contributed by atoms with Gasteiger partial charge in [-0.25, -0.2) is 9.59 Å². The number of fused-ring (bicyclic) bond motifs is 3. The van der Waals surface area contributed by atoms with Gasteiger partial charge >= 0.3 is 12.1 Å². The normalized spacial score (nSPS) is 14.1. The summed E-state index contributed by atoms with van der Waals surface area (Å²) in [4.78, 5) is 35.9. The lowest BCUT2D eigenvalue weighted by Gasteiger charge is -2.20.